The first kappa shape index (κ1) is 16.1. The summed E-state index contributed by atoms with van der Waals surface area (Å²) in [5, 5.41) is 9.41. The van der Waals surface area contributed by atoms with E-state index in [9.17, 15) is 14.7 Å². The Morgan fingerprint density at radius 1 is 1.14 bits per heavy atom. The van der Waals surface area contributed by atoms with Gasteiger partial charge in [-0.05, 0) is 45.4 Å². The third kappa shape index (κ3) is 4.90. The molecule has 2 atom stereocenters. The number of rotatable bonds is 4. The van der Waals surface area contributed by atoms with Gasteiger partial charge in [-0.2, -0.15) is 0 Å². The van der Waals surface area contributed by atoms with Gasteiger partial charge in [0.2, 0.25) is 0 Å². The van der Waals surface area contributed by atoms with Crippen LogP contribution in [0, 0.1) is 11.8 Å². The second-order valence-electron chi connectivity index (χ2n) is 7.44. The van der Waals surface area contributed by atoms with Gasteiger partial charge in [-0.1, -0.05) is 25.7 Å². The maximum Gasteiger partial charge on any atom is 0.411 e. The molecule has 5 nitrogen and oxygen atoms in total. The third-order valence-electron chi connectivity index (χ3n) is 4.30. The molecule has 1 saturated heterocycles. The van der Waals surface area contributed by atoms with Crippen molar-refractivity contribution in [1.29, 1.82) is 0 Å². The first-order chi connectivity index (χ1) is 9.76. The smallest absolute Gasteiger partial charge is 0.411 e. The minimum atomic E-state index is -0.919. The van der Waals surface area contributed by atoms with E-state index in [4.69, 9.17) is 4.74 Å². The van der Waals surface area contributed by atoms with Gasteiger partial charge in [0, 0.05) is 6.54 Å². The van der Waals surface area contributed by atoms with Gasteiger partial charge in [0.25, 0.3) is 0 Å². The molecule has 1 heterocycles. The highest BCUT2D eigenvalue weighted by molar-refractivity contribution is 5.80. The van der Waals surface area contributed by atoms with Crippen molar-refractivity contribution in [1.82, 2.24) is 4.90 Å². The first-order valence-electron chi connectivity index (χ1n) is 7.98. The number of carboxylic acid groups (broad SMARTS) is 1. The van der Waals surface area contributed by atoms with Gasteiger partial charge < -0.3 is 9.84 Å². The molecular formula is C16H27NO4. The first-order valence-corrected chi connectivity index (χ1v) is 7.98. The molecule has 0 bridgehead atoms. The number of amides is 1. The summed E-state index contributed by atoms with van der Waals surface area (Å²) in [4.78, 5) is 25.0. The summed E-state index contributed by atoms with van der Waals surface area (Å²) in [6.07, 6.45) is 5.91. The molecule has 2 rings (SSSR count). The molecule has 1 aliphatic heterocycles. The summed E-state index contributed by atoms with van der Waals surface area (Å²) in [6, 6.07) is -0.738. The van der Waals surface area contributed by atoms with Crippen LogP contribution in [0.15, 0.2) is 0 Å². The van der Waals surface area contributed by atoms with E-state index in [1.165, 1.54) is 24.2 Å². The quantitative estimate of drug-likeness (QED) is 0.864. The molecule has 5 heteroatoms. The molecule has 1 saturated carbocycles. The lowest BCUT2D eigenvalue weighted by atomic mass is 9.87. The summed E-state index contributed by atoms with van der Waals surface area (Å²) >= 11 is 0. The fourth-order valence-electron chi connectivity index (χ4n) is 2.95. The summed E-state index contributed by atoms with van der Waals surface area (Å²) in [5.41, 5.74) is -0.594. The van der Waals surface area contributed by atoms with E-state index in [0.29, 0.717) is 18.9 Å². The topological polar surface area (TPSA) is 66.8 Å². The predicted octanol–water partition coefficient (Wildman–Crippen LogP) is 3.28. The fourth-order valence-corrected chi connectivity index (χ4v) is 2.95. The number of ether oxygens (including phenoxy) is 1. The predicted molar refractivity (Wildman–Crippen MR) is 79.0 cm³/mol. The number of carbonyl (C=O) groups excluding carboxylic acids is 1. The highest BCUT2D eigenvalue weighted by Crippen LogP contribution is 2.37. The maximum atomic E-state index is 12.2. The lowest BCUT2D eigenvalue weighted by molar-refractivity contribution is -0.145. The van der Waals surface area contributed by atoms with E-state index < -0.39 is 23.7 Å². The van der Waals surface area contributed by atoms with Crippen LogP contribution in [0.5, 0.6) is 0 Å². The van der Waals surface area contributed by atoms with Crippen molar-refractivity contribution in [2.45, 2.75) is 70.9 Å². The van der Waals surface area contributed by atoms with Crippen LogP contribution in [0.1, 0.15) is 59.3 Å². The van der Waals surface area contributed by atoms with E-state index in [1.807, 2.05) is 0 Å². The molecule has 2 aliphatic rings. The average molecular weight is 297 g/mol. The van der Waals surface area contributed by atoms with Crippen molar-refractivity contribution in [2.75, 3.05) is 6.54 Å². The summed E-state index contributed by atoms with van der Waals surface area (Å²) in [7, 11) is 0. The molecule has 120 valence electrons. The van der Waals surface area contributed by atoms with Crippen LogP contribution >= 0.6 is 0 Å². The van der Waals surface area contributed by atoms with Gasteiger partial charge in [0.05, 0.1) is 0 Å². The number of hydrogen-bond donors (Lipinski definition) is 1. The van der Waals surface area contributed by atoms with Crippen LogP contribution in [0.25, 0.3) is 0 Å². The van der Waals surface area contributed by atoms with Gasteiger partial charge in [0.15, 0.2) is 0 Å². The largest absolute Gasteiger partial charge is 0.480 e. The molecule has 0 aromatic carbocycles. The number of hydrogen-bond acceptors (Lipinski definition) is 3. The van der Waals surface area contributed by atoms with Gasteiger partial charge in [-0.25, -0.2) is 9.59 Å². The van der Waals surface area contributed by atoms with Crippen LogP contribution < -0.4 is 0 Å². The van der Waals surface area contributed by atoms with E-state index in [-0.39, 0.29) is 0 Å². The highest BCUT2D eigenvalue weighted by Gasteiger charge is 2.38. The monoisotopic (exact) mass is 297 g/mol. The maximum absolute atomic E-state index is 12.2. The Balaban J connectivity index is 1.92. The Hall–Kier alpha value is -1.26. The zero-order valence-electron chi connectivity index (χ0n) is 13.3. The Morgan fingerprint density at radius 2 is 1.76 bits per heavy atom. The molecular weight excluding hydrogens is 270 g/mol. The Labute approximate surface area is 126 Å². The van der Waals surface area contributed by atoms with Crippen LogP contribution in [-0.2, 0) is 9.53 Å². The van der Waals surface area contributed by atoms with Crippen LogP contribution in [-0.4, -0.2) is 40.3 Å². The summed E-state index contributed by atoms with van der Waals surface area (Å²) in [6.45, 7) is 5.87. The van der Waals surface area contributed by atoms with Crippen molar-refractivity contribution in [2.24, 2.45) is 11.8 Å². The normalized spacial score (nSPS) is 26.5. The molecule has 1 aliphatic carbocycles. The standard InChI is InChI=1S/C16H27NO4/c1-16(2,3)21-15(20)17-9-8-12(7-6-11-4-5-11)10-13(17)14(18)19/h11-13H,4-10H2,1-3H3,(H,18,19)/t12-,13-/m0/s1. The Bertz CT molecular complexity index is 398. The van der Waals surface area contributed by atoms with E-state index in [1.54, 1.807) is 20.8 Å². The molecule has 0 unspecified atom stereocenters. The second-order valence-corrected chi connectivity index (χ2v) is 7.44. The van der Waals surface area contributed by atoms with Crippen molar-refractivity contribution in [3.05, 3.63) is 0 Å². The molecule has 1 N–H and O–H groups in total. The highest BCUT2D eigenvalue weighted by atomic mass is 16.6. The third-order valence-corrected chi connectivity index (χ3v) is 4.30. The molecule has 2 fully saturated rings. The van der Waals surface area contributed by atoms with Crippen molar-refractivity contribution in [3.63, 3.8) is 0 Å². The minimum Gasteiger partial charge on any atom is -0.480 e. The summed E-state index contributed by atoms with van der Waals surface area (Å²) < 4.78 is 5.32. The molecule has 0 radical (unpaired) electrons. The number of likely N-dealkylation sites (tertiary alicyclic amines) is 1. The van der Waals surface area contributed by atoms with Gasteiger partial charge in [-0.3, -0.25) is 4.90 Å². The van der Waals surface area contributed by atoms with Gasteiger partial charge in [-0.15, -0.1) is 0 Å². The van der Waals surface area contributed by atoms with Crippen molar-refractivity contribution >= 4 is 12.1 Å². The van der Waals surface area contributed by atoms with Crippen molar-refractivity contribution in [3.8, 4) is 0 Å². The Kier molecular flexibility index (Phi) is 4.79. The van der Waals surface area contributed by atoms with E-state index in [0.717, 1.165) is 18.8 Å². The Morgan fingerprint density at radius 3 is 2.29 bits per heavy atom. The molecule has 0 aromatic rings. The number of carbonyl (C=O) groups is 2. The van der Waals surface area contributed by atoms with Crippen molar-refractivity contribution < 1.29 is 19.4 Å². The number of aliphatic carboxylic acids is 1. The zero-order chi connectivity index (χ0) is 15.6. The van der Waals surface area contributed by atoms with Gasteiger partial charge in [0.1, 0.15) is 11.6 Å². The zero-order valence-corrected chi connectivity index (χ0v) is 13.3. The number of carboxylic acids is 1. The fraction of sp³-hybridized carbons (Fsp3) is 0.875. The van der Waals surface area contributed by atoms with Crippen LogP contribution in [0.3, 0.4) is 0 Å². The second kappa shape index (κ2) is 6.24. The number of piperidine rings is 1. The molecule has 0 aromatic heterocycles. The van der Waals surface area contributed by atoms with Crippen LogP contribution in [0.4, 0.5) is 4.79 Å². The molecule has 0 spiro atoms. The SMILES string of the molecule is CC(C)(C)OC(=O)N1CC[C@H](CCC2CC2)C[C@H]1C(=O)O. The molecule has 1 amide bonds. The number of nitrogens with zero attached hydrogens (tertiary/aromatic N) is 1. The van der Waals surface area contributed by atoms with Crippen LogP contribution in [0.2, 0.25) is 0 Å². The molecule has 21 heavy (non-hydrogen) atoms. The lowest BCUT2D eigenvalue weighted by Gasteiger charge is -2.38. The average Bonchev–Trinajstić information content (AvgIpc) is 3.17. The van der Waals surface area contributed by atoms with Gasteiger partial charge >= 0.3 is 12.1 Å². The summed E-state index contributed by atoms with van der Waals surface area (Å²) in [5.74, 6) is 0.375. The van der Waals surface area contributed by atoms with E-state index in [2.05, 4.69) is 0 Å². The van der Waals surface area contributed by atoms with E-state index >= 15 is 0 Å². The minimum absolute atomic E-state index is 0.422. The lowest BCUT2D eigenvalue weighted by Crippen LogP contribution is -2.51.